The Balaban J connectivity index is 3.14. The van der Waals surface area contributed by atoms with Crippen molar-refractivity contribution in [3.63, 3.8) is 0 Å². The second kappa shape index (κ2) is 7.63. The number of carbonyl (C=O) groups excluding carboxylic acids is 2. The maximum absolute atomic E-state index is 11.7. The summed E-state index contributed by atoms with van der Waals surface area (Å²) in [5, 5.41) is 0.458. The monoisotopic (exact) mass is 326 g/mol. The Bertz CT molecular complexity index is 546. The molecule has 0 saturated carbocycles. The number of carbonyl (C=O) groups is 2. The molecule has 0 aromatic heterocycles. The van der Waals surface area contributed by atoms with Gasteiger partial charge in [0.15, 0.2) is 0 Å². The molecule has 0 unspecified atom stereocenters. The van der Waals surface area contributed by atoms with E-state index in [1.165, 1.54) is 14.0 Å². The highest BCUT2D eigenvalue weighted by Crippen LogP contribution is 2.33. The van der Waals surface area contributed by atoms with Crippen molar-refractivity contribution in [3.8, 4) is 0 Å². The predicted molar refractivity (Wildman–Crippen MR) is 86.2 cm³/mol. The van der Waals surface area contributed by atoms with E-state index in [9.17, 15) is 9.59 Å². The number of benzene rings is 1. The molecule has 1 atom stereocenters. The fourth-order valence-electron chi connectivity index (χ4n) is 2.31. The van der Waals surface area contributed by atoms with Crippen LogP contribution in [0.25, 0.3) is 0 Å². The summed E-state index contributed by atoms with van der Waals surface area (Å²) in [6.45, 7) is 7.97. The summed E-state index contributed by atoms with van der Waals surface area (Å²) < 4.78 is 9.91. The van der Waals surface area contributed by atoms with Gasteiger partial charge in [-0.3, -0.25) is 4.79 Å². The van der Waals surface area contributed by atoms with Gasteiger partial charge in [0.1, 0.15) is 0 Å². The van der Waals surface area contributed by atoms with Crippen LogP contribution in [0.15, 0.2) is 18.2 Å². The summed E-state index contributed by atoms with van der Waals surface area (Å²) in [4.78, 5) is 22.8. The van der Waals surface area contributed by atoms with Gasteiger partial charge in [-0.1, -0.05) is 32.4 Å². The standard InChI is InChI=1S/C17H23ClO4/c1-11(19)22-10-14(9-17(2,3)4)12-6-13(16(20)21-5)8-15(18)7-12/h6-8,14H,9-10H2,1-5H3/t14-/m1/s1. The molecule has 1 aromatic rings. The van der Waals surface area contributed by atoms with Gasteiger partial charge in [-0.15, -0.1) is 0 Å². The summed E-state index contributed by atoms with van der Waals surface area (Å²) in [7, 11) is 1.33. The Morgan fingerprint density at radius 1 is 1.23 bits per heavy atom. The van der Waals surface area contributed by atoms with Gasteiger partial charge in [0, 0.05) is 17.9 Å². The van der Waals surface area contributed by atoms with E-state index in [4.69, 9.17) is 21.1 Å². The Morgan fingerprint density at radius 3 is 2.36 bits per heavy atom. The molecular weight excluding hydrogens is 304 g/mol. The summed E-state index contributed by atoms with van der Waals surface area (Å²) in [5.74, 6) is -0.800. The third-order valence-corrected chi connectivity index (χ3v) is 3.38. The number of hydrogen-bond acceptors (Lipinski definition) is 4. The molecule has 0 saturated heterocycles. The van der Waals surface area contributed by atoms with E-state index in [1.54, 1.807) is 18.2 Å². The largest absolute Gasteiger partial charge is 0.465 e. The van der Waals surface area contributed by atoms with Gasteiger partial charge in [-0.25, -0.2) is 4.79 Å². The minimum atomic E-state index is -0.439. The Kier molecular flexibility index (Phi) is 6.42. The minimum Gasteiger partial charge on any atom is -0.465 e. The molecule has 0 aliphatic rings. The highest BCUT2D eigenvalue weighted by Gasteiger charge is 2.23. The van der Waals surface area contributed by atoms with Gasteiger partial charge in [0.25, 0.3) is 0 Å². The van der Waals surface area contributed by atoms with Crippen molar-refractivity contribution in [1.82, 2.24) is 0 Å². The molecule has 122 valence electrons. The van der Waals surface area contributed by atoms with Crippen molar-refractivity contribution in [2.75, 3.05) is 13.7 Å². The molecule has 0 amide bonds. The molecule has 0 N–H and O–H groups in total. The average Bonchev–Trinajstić information content (AvgIpc) is 2.40. The van der Waals surface area contributed by atoms with Crippen molar-refractivity contribution in [1.29, 1.82) is 0 Å². The van der Waals surface area contributed by atoms with Crippen molar-refractivity contribution < 1.29 is 19.1 Å². The first-order chi connectivity index (χ1) is 10.1. The van der Waals surface area contributed by atoms with Crippen molar-refractivity contribution >= 4 is 23.5 Å². The van der Waals surface area contributed by atoms with Crippen LogP contribution in [0.2, 0.25) is 5.02 Å². The maximum atomic E-state index is 11.7. The molecule has 0 fully saturated rings. The van der Waals surface area contributed by atoms with Crippen LogP contribution in [0, 0.1) is 5.41 Å². The third kappa shape index (κ3) is 6.06. The van der Waals surface area contributed by atoms with E-state index in [0.717, 1.165) is 12.0 Å². The molecule has 22 heavy (non-hydrogen) atoms. The lowest BCUT2D eigenvalue weighted by Gasteiger charge is -2.26. The molecule has 0 bridgehead atoms. The van der Waals surface area contributed by atoms with Gasteiger partial charge < -0.3 is 9.47 Å². The summed E-state index contributed by atoms with van der Waals surface area (Å²) >= 11 is 6.11. The zero-order valence-corrected chi connectivity index (χ0v) is 14.5. The highest BCUT2D eigenvalue weighted by molar-refractivity contribution is 6.31. The van der Waals surface area contributed by atoms with Crippen LogP contribution >= 0.6 is 11.6 Å². The quantitative estimate of drug-likeness (QED) is 0.760. The predicted octanol–water partition coefficient (Wildman–Crippen LogP) is 4.21. The molecule has 0 aliphatic carbocycles. The van der Waals surface area contributed by atoms with E-state index in [-0.39, 0.29) is 23.9 Å². The lowest BCUT2D eigenvalue weighted by molar-refractivity contribution is -0.141. The summed E-state index contributed by atoms with van der Waals surface area (Å²) in [6.07, 6.45) is 0.793. The van der Waals surface area contributed by atoms with Crippen LogP contribution in [0.4, 0.5) is 0 Å². The molecular formula is C17H23ClO4. The van der Waals surface area contributed by atoms with Crippen LogP contribution in [0.3, 0.4) is 0 Å². The van der Waals surface area contributed by atoms with E-state index in [1.807, 2.05) is 0 Å². The Morgan fingerprint density at radius 2 is 1.86 bits per heavy atom. The first kappa shape index (κ1) is 18.5. The van der Waals surface area contributed by atoms with E-state index in [2.05, 4.69) is 20.8 Å². The molecule has 1 rings (SSSR count). The molecule has 5 heteroatoms. The number of halogens is 1. The molecule has 0 spiro atoms. The van der Waals surface area contributed by atoms with Crippen LogP contribution in [-0.4, -0.2) is 25.7 Å². The van der Waals surface area contributed by atoms with Crippen molar-refractivity contribution in [2.24, 2.45) is 5.41 Å². The van der Waals surface area contributed by atoms with Crippen LogP contribution in [-0.2, 0) is 14.3 Å². The van der Waals surface area contributed by atoms with Crippen molar-refractivity contribution in [3.05, 3.63) is 34.3 Å². The SMILES string of the molecule is COC(=O)c1cc(Cl)cc([C@@H](COC(C)=O)CC(C)(C)C)c1. The zero-order valence-electron chi connectivity index (χ0n) is 13.7. The van der Waals surface area contributed by atoms with Gasteiger partial charge >= 0.3 is 11.9 Å². The van der Waals surface area contributed by atoms with Gasteiger partial charge in [0.2, 0.25) is 0 Å². The molecule has 0 radical (unpaired) electrons. The minimum absolute atomic E-state index is 0.0361. The number of ether oxygens (including phenoxy) is 2. The molecule has 1 aromatic carbocycles. The van der Waals surface area contributed by atoms with Crippen LogP contribution < -0.4 is 0 Å². The lowest BCUT2D eigenvalue weighted by atomic mass is 9.81. The van der Waals surface area contributed by atoms with Gasteiger partial charge in [-0.2, -0.15) is 0 Å². The summed E-state index contributed by atoms with van der Waals surface area (Å²) in [5.41, 5.74) is 1.30. The normalized spacial score (nSPS) is 12.6. The van der Waals surface area contributed by atoms with E-state index < -0.39 is 5.97 Å². The Hall–Kier alpha value is -1.55. The van der Waals surface area contributed by atoms with Crippen molar-refractivity contribution in [2.45, 2.75) is 40.0 Å². The second-order valence-corrected chi connectivity index (χ2v) is 6.97. The summed E-state index contributed by atoms with van der Waals surface area (Å²) in [6, 6.07) is 5.11. The highest BCUT2D eigenvalue weighted by atomic mass is 35.5. The van der Waals surface area contributed by atoms with E-state index >= 15 is 0 Å². The first-order valence-corrected chi connectivity index (χ1v) is 7.52. The smallest absolute Gasteiger partial charge is 0.337 e. The van der Waals surface area contributed by atoms with Gasteiger partial charge in [-0.05, 0) is 35.6 Å². The zero-order chi connectivity index (χ0) is 16.9. The number of rotatable bonds is 5. The average molecular weight is 327 g/mol. The van der Waals surface area contributed by atoms with Crippen LogP contribution in [0.5, 0.6) is 0 Å². The number of esters is 2. The van der Waals surface area contributed by atoms with Gasteiger partial charge in [0.05, 0.1) is 19.3 Å². The number of methoxy groups -OCH3 is 1. The fourth-order valence-corrected chi connectivity index (χ4v) is 2.56. The molecule has 0 aliphatic heterocycles. The third-order valence-electron chi connectivity index (χ3n) is 3.16. The molecule has 4 nitrogen and oxygen atoms in total. The first-order valence-electron chi connectivity index (χ1n) is 7.14. The fraction of sp³-hybridized carbons (Fsp3) is 0.529. The lowest BCUT2D eigenvalue weighted by Crippen LogP contribution is -2.18. The van der Waals surface area contributed by atoms with E-state index in [0.29, 0.717) is 10.6 Å². The topological polar surface area (TPSA) is 52.6 Å². The number of hydrogen-bond donors (Lipinski definition) is 0. The second-order valence-electron chi connectivity index (χ2n) is 6.53. The molecule has 0 heterocycles. The van der Waals surface area contributed by atoms with Crippen LogP contribution in [0.1, 0.15) is 56.0 Å². The Labute approximate surface area is 136 Å². The maximum Gasteiger partial charge on any atom is 0.337 e.